The fourth-order valence-corrected chi connectivity index (χ4v) is 2.87. The van der Waals surface area contributed by atoms with E-state index in [1.807, 2.05) is 0 Å². The SMILES string of the molecule is C=CCOc1c(Br)cc(C=CC(=O)C2C(=O)C=C(C)OC2=O)cc1OC. The van der Waals surface area contributed by atoms with Crippen LogP contribution in [0, 0.1) is 5.92 Å². The fraction of sp³-hybridized carbons (Fsp3) is 0.211. The van der Waals surface area contributed by atoms with Crippen LogP contribution < -0.4 is 9.47 Å². The van der Waals surface area contributed by atoms with E-state index < -0.39 is 23.5 Å². The summed E-state index contributed by atoms with van der Waals surface area (Å²) in [5.74, 6) is -2.42. The fourth-order valence-electron chi connectivity index (χ4n) is 2.30. The van der Waals surface area contributed by atoms with Crippen LogP contribution in [0.25, 0.3) is 6.08 Å². The molecule has 136 valence electrons. The van der Waals surface area contributed by atoms with Crippen LogP contribution in [-0.4, -0.2) is 31.3 Å². The Balaban J connectivity index is 2.23. The number of ether oxygens (including phenoxy) is 3. The Morgan fingerprint density at radius 1 is 1.38 bits per heavy atom. The molecule has 26 heavy (non-hydrogen) atoms. The number of hydrogen-bond donors (Lipinski definition) is 0. The minimum Gasteiger partial charge on any atom is -0.493 e. The van der Waals surface area contributed by atoms with Gasteiger partial charge in [-0.05, 0) is 46.6 Å². The van der Waals surface area contributed by atoms with Crippen molar-refractivity contribution in [2.75, 3.05) is 13.7 Å². The molecule has 1 aliphatic heterocycles. The first kappa shape index (κ1) is 19.7. The lowest BCUT2D eigenvalue weighted by molar-refractivity contribution is -0.151. The molecule has 0 radical (unpaired) electrons. The molecule has 0 fully saturated rings. The standard InChI is InChI=1S/C19H17BrO6/c1-4-7-25-18-13(20)9-12(10-16(18)24-3)5-6-14(21)17-15(22)8-11(2)26-19(17)23/h4-6,8-10,17H,1,7H2,2-3H3. The number of carbonyl (C=O) groups is 3. The molecule has 0 spiro atoms. The average Bonchev–Trinajstić information content (AvgIpc) is 2.57. The Kier molecular flexibility index (Phi) is 6.52. The molecule has 6 nitrogen and oxygen atoms in total. The van der Waals surface area contributed by atoms with Crippen LogP contribution in [0.1, 0.15) is 12.5 Å². The lowest BCUT2D eigenvalue weighted by Gasteiger charge is -2.15. The number of rotatable bonds is 7. The van der Waals surface area contributed by atoms with Crippen LogP contribution in [0.5, 0.6) is 11.5 Å². The number of carbonyl (C=O) groups excluding carboxylic acids is 3. The molecule has 0 bridgehead atoms. The highest BCUT2D eigenvalue weighted by Crippen LogP contribution is 2.37. The Bertz CT molecular complexity index is 822. The summed E-state index contributed by atoms with van der Waals surface area (Å²) in [6.07, 6.45) is 5.40. The van der Waals surface area contributed by atoms with Crippen LogP contribution >= 0.6 is 15.9 Å². The van der Waals surface area contributed by atoms with Gasteiger partial charge in [-0.3, -0.25) is 14.4 Å². The lowest BCUT2D eigenvalue weighted by atomic mass is 9.96. The number of methoxy groups -OCH3 is 1. The molecule has 2 rings (SSSR count). The summed E-state index contributed by atoms with van der Waals surface area (Å²) in [7, 11) is 1.49. The molecule has 0 amide bonds. The van der Waals surface area contributed by atoms with Crippen LogP contribution in [0.15, 0.2) is 47.2 Å². The van der Waals surface area contributed by atoms with Gasteiger partial charge >= 0.3 is 5.97 Å². The maximum absolute atomic E-state index is 12.2. The summed E-state index contributed by atoms with van der Waals surface area (Å²) in [5, 5.41) is 0. The van der Waals surface area contributed by atoms with Gasteiger partial charge in [-0.15, -0.1) is 0 Å². The molecule has 1 unspecified atom stereocenters. The molecule has 0 aromatic heterocycles. The molecule has 0 saturated heterocycles. The molecule has 1 aliphatic rings. The minimum atomic E-state index is -1.46. The van der Waals surface area contributed by atoms with E-state index in [0.29, 0.717) is 28.1 Å². The van der Waals surface area contributed by atoms with Crippen molar-refractivity contribution in [3.63, 3.8) is 0 Å². The highest BCUT2D eigenvalue weighted by atomic mass is 79.9. The van der Waals surface area contributed by atoms with Crippen LogP contribution in [0.3, 0.4) is 0 Å². The molecule has 0 N–H and O–H groups in total. The number of allylic oxidation sites excluding steroid dienone is 3. The number of halogens is 1. The van der Waals surface area contributed by atoms with E-state index in [1.54, 1.807) is 18.2 Å². The zero-order valence-corrected chi connectivity index (χ0v) is 15.9. The van der Waals surface area contributed by atoms with E-state index in [4.69, 9.17) is 14.2 Å². The molecule has 1 aromatic carbocycles. The first-order valence-corrected chi connectivity index (χ1v) is 8.43. The van der Waals surface area contributed by atoms with E-state index in [-0.39, 0.29) is 5.76 Å². The highest BCUT2D eigenvalue weighted by Gasteiger charge is 2.36. The minimum absolute atomic E-state index is 0.178. The topological polar surface area (TPSA) is 78.9 Å². The van der Waals surface area contributed by atoms with Crippen molar-refractivity contribution in [2.24, 2.45) is 5.92 Å². The van der Waals surface area contributed by atoms with Crippen molar-refractivity contribution in [1.82, 2.24) is 0 Å². The van der Waals surface area contributed by atoms with Crippen LogP contribution in [0.2, 0.25) is 0 Å². The van der Waals surface area contributed by atoms with E-state index >= 15 is 0 Å². The zero-order valence-electron chi connectivity index (χ0n) is 14.3. The Labute approximate surface area is 159 Å². The Morgan fingerprint density at radius 2 is 2.12 bits per heavy atom. The second-order valence-electron chi connectivity index (χ2n) is 5.38. The van der Waals surface area contributed by atoms with Gasteiger partial charge in [0, 0.05) is 6.08 Å². The van der Waals surface area contributed by atoms with Gasteiger partial charge in [-0.2, -0.15) is 0 Å². The van der Waals surface area contributed by atoms with Crippen molar-refractivity contribution in [3.05, 3.63) is 52.7 Å². The predicted octanol–water partition coefficient (Wildman–Crippen LogP) is 3.25. The lowest BCUT2D eigenvalue weighted by Crippen LogP contribution is -2.34. The molecule has 1 aromatic rings. The van der Waals surface area contributed by atoms with Crippen molar-refractivity contribution >= 4 is 39.5 Å². The van der Waals surface area contributed by atoms with E-state index in [1.165, 1.54) is 26.2 Å². The Morgan fingerprint density at radius 3 is 2.73 bits per heavy atom. The van der Waals surface area contributed by atoms with Gasteiger partial charge in [0.15, 0.2) is 29.0 Å². The number of esters is 1. The summed E-state index contributed by atoms with van der Waals surface area (Å²) in [5.41, 5.74) is 0.622. The smallest absolute Gasteiger partial charge is 0.329 e. The normalized spacial score (nSPS) is 16.9. The first-order chi connectivity index (χ1) is 12.4. The summed E-state index contributed by atoms with van der Waals surface area (Å²) in [6.45, 7) is 5.37. The van der Waals surface area contributed by atoms with Crippen molar-refractivity contribution in [1.29, 1.82) is 0 Å². The van der Waals surface area contributed by atoms with Gasteiger partial charge in [0.05, 0.1) is 11.6 Å². The third-order valence-corrected chi connectivity index (χ3v) is 4.04. The monoisotopic (exact) mass is 420 g/mol. The maximum Gasteiger partial charge on any atom is 0.329 e. The Hall–Kier alpha value is -2.67. The van der Waals surface area contributed by atoms with Crippen LogP contribution in [-0.2, 0) is 19.1 Å². The molecule has 7 heteroatoms. The van der Waals surface area contributed by atoms with Crippen LogP contribution in [0.4, 0.5) is 0 Å². The van der Waals surface area contributed by atoms with Gasteiger partial charge < -0.3 is 14.2 Å². The van der Waals surface area contributed by atoms with Gasteiger partial charge in [-0.1, -0.05) is 18.7 Å². The molecule has 1 heterocycles. The van der Waals surface area contributed by atoms with Crippen molar-refractivity contribution in [2.45, 2.75) is 6.92 Å². The molecular formula is C19H17BrO6. The predicted molar refractivity (Wildman–Crippen MR) is 98.8 cm³/mol. The van der Waals surface area contributed by atoms with Crippen molar-refractivity contribution in [3.8, 4) is 11.5 Å². The second-order valence-corrected chi connectivity index (χ2v) is 6.24. The van der Waals surface area contributed by atoms with Gasteiger partial charge in [-0.25, -0.2) is 0 Å². The second kappa shape index (κ2) is 8.62. The van der Waals surface area contributed by atoms with Crippen molar-refractivity contribution < 1.29 is 28.6 Å². The molecule has 1 atom stereocenters. The summed E-state index contributed by atoms with van der Waals surface area (Å²) >= 11 is 3.38. The third kappa shape index (κ3) is 4.49. The van der Waals surface area contributed by atoms with Gasteiger partial charge in [0.25, 0.3) is 0 Å². The molecule has 0 saturated carbocycles. The molecular weight excluding hydrogens is 404 g/mol. The quantitative estimate of drug-likeness (QED) is 0.291. The maximum atomic E-state index is 12.2. The number of hydrogen-bond acceptors (Lipinski definition) is 6. The summed E-state index contributed by atoms with van der Waals surface area (Å²) in [6, 6.07) is 3.38. The van der Waals surface area contributed by atoms with E-state index in [9.17, 15) is 14.4 Å². The highest BCUT2D eigenvalue weighted by molar-refractivity contribution is 9.10. The van der Waals surface area contributed by atoms with Gasteiger partial charge in [0.2, 0.25) is 0 Å². The average molecular weight is 421 g/mol. The number of cyclic esters (lactones) is 1. The zero-order chi connectivity index (χ0) is 19.3. The van der Waals surface area contributed by atoms with E-state index in [2.05, 4.69) is 22.5 Å². The van der Waals surface area contributed by atoms with Gasteiger partial charge in [0.1, 0.15) is 12.4 Å². The molecule has 0 aliphatic carbocycles. The van der Waals surface area contributed by atoms with E-state index in [0.717, 1.165) is 6.08 Å². The summed E-state index contributed by atoms with van der Waals surface area (Å²) < 4.78 is 16.3. The first-order valence-electron chi connectivity index (χ1n) is 7.64. The number of benzene rings is 1. The summed E-state index contributed by atoms with van der Waals surface area (Å²) in [4.78, 5) is 35.9. The largest absolute Gasteiger partial charge is 0.493 e. The third-order valence-electron chi connectivity index (χ3n) is 3.45. The number of ketones is 2.